The summed E-state index contributed by atoms with van der Waals surface area (Å²) in [6.07, 6.45) is 2.48. The molecule has 3 nitrogen and oxygen atoms in total. The van der Waals surface area contributed by atoms with Crippen molar-refractivity contribution in [2.75, 3.05) is 0 Å². The van der Waals surface area contributed by atoms with Crippen LogP contribution in [0.1, 0.15) is 18.4 Å². The summed E-state index contributed by atoms with van der Waals surface area (Å²) in [5.74, 6) is 0.464. The highest BCUT2D eigenvalue weighted by Crippen LogP contribution is 2.31. The first kappa shape index (κ1) is 8.77. The first-order valence-corrected chi connectivity index (χ1v) is 5.34. The molecule has 78 valence electrons. The van der Waals surface area contributed by atoms with Gasteiger partial charge in [0.1, 0.15) is 0 Å². The summed E-state index contributed by atoms with van der Waals surface area (Å²) >= 11 is 0. The fourth-order valence-corrected chi connectivity index (χ4v) is 1.90. The minimum Gasteiger partial charge on any atom is -0.408 e. The van der Waals surface area contributed by atoms with Crippen LogP contribution in [0.4, 0.5) is 0 Å². The highest BCUT2D eigenvalue weighted by atomic mass is 16.4. The lowest BCUT2D eigenvalue weighted by atomic mass is 10.2. The van der Waals surface area contributed by atoms with Gasteiger partial charge in [-0.2, -0.15) is 0 Å². The van der Waals surface area contributed by atoms with Gasteiger partial charge in [-0.05, 0) is 43.4 Å². The second kappa shape index (κ2) is 2.99. The second-order valence-electron chi connectivity index (χ2n) is 4.39. The quantitative estimate of drug-likeness (QED) is 0.750. The molecule has 0 amide bonds. The molecule has 1 saturated carbocycles. The van der Waals surface area contributed by atoms with E-state index in [-0.39, 0.29) is 5.76 Å². The van der Waals surface area contributed by atoms with Gasteiger partial charge in [-0.15, -0.1) is 0 Å². The summed E-state index contributed by atoms with van der Waals surface area (Å²) in [5, 5.41) is 0. The minimum absolute atomic E-state index is 0.220. The molecule has 0 aliphatic heterocycles. The Morgan fingerprint density at radius 1 is 1.47 bits per heavy atom. The molecular weight excluding hydrogens is 190 g/mol. The number of hydrogen-bond acceptors (Lipinski definition) is 2. The van der Waals surface area contributed by atoms with Crippen LogP contribution in [-0.4, -0.2) is 4.57 Å². The van der Waals surface area contributed by atoms with E-state index in [1.165, 1.54) is 12.8 Å². The van der Waals surface area contributed by atoms with Crippen molar-refractivity contribution in [2.24, 2.45) is 5.92 Å². The SMILES string of the molecule is Cc1ccc2oc(=O)n(CC3CC3)c2c1. The molecule has 2 aromatic rings. The first-order chi connectivity index (χ1) is 7.24. The lowest BCUT2D eigenvalue weighted by Gasteiger charge is -1.99. The van der Waals surface area contributed by atoms with Crippen LogP contribution >= 0.6 is 0 Å². The molecule has 3 rings (SSSR count). The topological polar surface area (TPSA) is 35.1 Å². The van der Waals surface area contributed by atoms with E-state index in [1.807, 2.05) is 25.1 Å². The Morgan fingerprint density at radius 2 is 2.27 bits per heavy atom. The van der Waals surface area contributed by atoms with Crippen LogP contribution in [0.5, 0.6) is 0 Å². The maximum Gasteiger partial charge on any atom is 0.419 e. The third-order valence-electron chi connectivity index (χ3n) is 2.96. The summed E-state index contributed by atoms with van der Waals surface area (Å²) in [6.45, 7) is 2.84. The molecule has 3 heteroatoms. The van der Waals surface area contributed by atoms with Gasteiger partial charge >= 0.3 is 5.76 Å². The average molecular weight is 203 g/mol. The van der Waals surface area contributed by atoms with Crippen LogP contribution in [-0.2, 0) is 6.54 Å². The van der Waals surface area contributed by atoms with Crippen molar-refractivity contribution in [1.82, 2.24) is 4.57 Å². The lowest BCUT2D eigenvalue weighted by molar-refractivity contribution is 0.492. The lowest BCUT2D eigenvalue weighted by Crippen LogP contribution is -2.15. The summed E-state index contributed by atoms with van der Waals surface area (Å²) in [7, 11) is 0. The van der Waals surface area contributed by atoms with Crippen molar-refractivity contribution in [3.63, 3.8) is 0 Å². The van der Waals surface area contributed by atoms with Gasteiger partial charge in [-0.3, -0.25) is 4.57 Å². The van der Waals surface area contributed by atoms with Gasteiger partial charge in [0, 0.05) is 6.54 Å². The number of nitrogens with zero attached hydrogens (tertiary/aromatic N) is 1. The van der Waals surface area contributed by atoms with Crippen LogP contribution in [0.3, 0.4) is 0 Å². The minimum atomic E-state index is -0.220. The van der Waals surface area contributed by atoms with Gasteiger partial charge in [-0.1, -0.05) is 6.07 Å². The Morgan fingerprint density at radius 3 is 3.00 bits per heavy atom. The van der Waals surface area contributed by atoms with Crippen LogP contribution < -0.4 is 5.76 Å². The molecule has 1 aromatic heterocycles. The summed E-state index contributed by atoms with van der Waals surface area (Å²) < 4.78 is 6.95. The van der Waals surface area contributed by atoms with Gasteiger partial charge in [0.2, 0.25) is 0 Å². The predicted octanol–water partition coefficient (Wildman–Crippen LogP) is 2.31. The number of hydrogen-bond donors (Lipinski definition) is 0. The van der Waals surface area contributed by atoms with Gasteiger partial charge < -0.3 is 4.42 Å². The Balaban J connectivity index is 2.20. The van der Waals surface area contributed by atoms with E-state index in [9.17, 15) is 4.79 Å². The molecule has 0 radical (unpaired) electrons. The normalized spacial score (nSPS) is 16.1. The van der Waals surface area contributed by atoms with Crippen molar-refractivity contribution >= 4 is 11.1 Å². The average Bonchev–Trinajstić information content (AvgIpc) is 2.96. The standard InChI is InChI=1S/C12H13NO2/c1-8-2-5-11-10(6-8)13(12(14)15-11)7-9-3-4-9/h2,5-6,9H,3-4,7H2,1H3. The largest absolute Gasteiger partial charge is 0.419 e. The van der Waals surface area contributed by atoms with E-state index in [0.29, 0.717) is 11.5 Å². The zero-order valence-corrected chi connectivity index (χ0v) is 8.69. The number of benzene rings is 1. The van der Waals surface area contributed by atoms with E-state index in [4.69, 9.17) is 4.42 Å². The second-order valence-corrected chi connectivity index (χ2v) is 4.39. The van der Waals surface area contributed by atoms with Crippen LogP contribution in [0.15, 0.2) is 27.4 Å². The Hall–Kier alpha value is -1.51. The number of aryl methyl sites for hydroxylation is 1. The van der Waals surface area contributed by atoms with E-state index in [0.717, 1.165) is 17.6 Å². The van der Waals surface area contributed by atoms with Crippen molar-refractivity contribution < 1.29 is 4.42 Å². The maximum atomic E-state index is 11.6. The smallest absolute Gasteiger partial charge is 0.408 e. The van der Waals surface area contributed by atoms with E-state index in [1.54, 1.807) is 4.57 Å². The van der Waals surface area contributed by atoms with Gasteiger partial charge in [0.15, 0.2) is 5.58 Å². The highest BCUT2D eigenvalue weighted by molar-refractivity contribution is 5.73. The highest BCUT2D eigenvalue weighted by Gasteiger charge is 2.24. The summed E-state index contributed by atoms with van der Waals surface area (Å²) in [4.78, 5) is 11.6. The van der Waals surface area contributed by atoms with Crippen LogP contribution in [0.25, 0.3) is 11.1 Å². The van der Waals surface area contributed by atoms with Gasteiger partial charge in [0.25, 0.3) is 0 Å². The fourth-order valence-electron chi connectivity index (χ4n) is 1.90. The molecule has 1 aromatic carbocycles. The van der Waals surface area contributed by atoms with E-state index >= 15 is 0 Å². The monoisotopic (exact) mass is 203 g/mol. The van der Waals surface area contributed by atoms with E-state index < -0.39 is 0 Å². The zero-order chi connectivity index (χ0) is 10.4. The molecule has 15 heavy (non-hydrogen) atoms. The van der Waals surface area contributed by atoms with Crippen molar-refractivity contribution in [2.45, 2.75) is 26.3 Å². The van der Waals surface area contributed by atoms with Crippen molar-refractivity contribution in [3.05, 3.63) is 34.3 Å². The van der Waals surface area contributed by atoms with E-state index in [2.05, 4.69) is 0 Å². The Labute approximate surface area is 87.3 Å². The molecule has 0 spiro atoms. The Kier molecular flexibility index (Phi) is 1.75. The molecule has 0 saturated heterocycles. The number of fused-ring (bicyclic) bond motifs is 1. The summed E-state index contributed by atoms with van der Waals surface area (Å²) in [5.41, 5.74) is 2.80. The summed E-state index contributed by atoms with van der Waals surface area (Å²) in [6, 6.07) is 5.85. The van der Waals surface area contributed by atoms with Crippen molar-refractivity contribution in [3.8, 4) is 0 Å². The molecular formula is C12H13NO2. The zero-order valence-electron chi connectivity index (χ0n) is 8.69. The Bertz CT molecular complexity index is 560. The third-order valence-corrected chi connectivity index (χ3v) is 2.96. The first-order valence-electron chi connectivity index (χ1n) is 5.34. The third kappa shape index (κ3) is 1.48. The van der Waals surface area contributed by atoms with Gasteiger partial charge in [-0.25, -0.2) is 4.79 Å². The fraction of sp³-hybridized carbons (Fsp3) is 0.417. The maximum absolute atomic E-state index is 11.6. The molecule has 1 heterocycles. The molecule has 0 atom stereocenters. The number of rotatable bonds is 2. The molecule has 1 fully saturated rings. The molecule has 1 aliphatic rings. The number of aromatic nitrogens is 1. The van der Waals surface area contributed by atoms with Crippen molar-refractivity contribution in [1.29, 1.82) is 0 Å². The van der Waals surface area contributed by atoms with Crippen LogP contribution in [0, 0.1) is 12.8 Å². The molecule has 1 aliphatic carbocycles. The molecule has 0 unspecified atom stereocenters. The number of oxazole rings is 1. The molecule has 0 N–H and O–H groups in total. The predicted molar refractivity (Wildman–Crippen MR) is 57.9 cm³/mol. The molecule has 0 bridgehead atoms. The van der Waals surface area contributed by atoms with Gasteiger partial charge in [0.05, 0.1) is 5.52 Å². The van der Waals surface area contributed by atoms with Crippen LogP contribution in [0.2, 0.25) is 0 Å².